The first-order chi connectivity index (χ1) is 15.5. The van der Waals surface area contributed by atoms with Crippen molar-refractivity contribution in [1.29, 1.82) is 0 Å². The summed E-state index contributed by atoms with van der Waals surface area (Å²) in [4.78, 5) is 31.2. The molecule has 1 amide bonds. The molecule has 0 bridgehead atoms. The van der Waals surface area contributed by atoms with Crippen molar-refractivity contribution in [2.75, 3.05) is 13.7 Å². The van der Waals surface area contributed by atoms with Gasteiger partial charge in [-0.15, -0.1) is 0 Å². The highest BCUT2D eigenvalue weighted by Crippen LogP contribution is 2.40. The molecule has 0 saturated carbocycles. The molecule has 2 aromatic carbocycles. The van der Waals surface area contributed by atoms with E-state index in [1.54, 1.807) is 49.1 Å². The van der Waals surface area contributed by atoms with Gasteiger partial charge in [0.25, 0.3) is 11.7 Å². The minimum absolute atomic E-state index is 0.143. The number of halogens is 1. The number of aryl methyl sites for hydroxylation is 1. The number of aromatic nitrogens is 2. The Morgan fingerprint density at radius 2 is 1.97 bits per heavy atom. The van der Waals surface area contributed by atoms with Crippen molar-refractivity contribution < 1.29 is 23.8 Å². The second-order valence-corrected chi connectivity index (χ2v) is 7.40. The smallest absolute Gasteiger partial charge is 0.295 e. The van der Waals surface area contributed by atoms with Gasteiger partial charge in [0.1, 0.15) is 17.3 Å². The lowest BCUT2D eigenvalue weighted by Gasteiger charge is -2.25. The minimum atomic E-state index is -1.04. The van der Waals surface area contributed by atoms with Crippen molar-refractivity contribution in [3.05, 3.63) is 89.8 Å². The third-order valence-electron chi connectivity index (χ3n) is 5.46. The maximum atomic E-state index is 14.8. The SMILES string of the molecule is COc1cccc(/C(O)=C2\C(=O)C(=O)N(CCCn3ccnc3)[C@H]2c2ccccc2F)c1. The Morgan fingerprint density at radius 3 is 2.69 bits per heavy atom. The summed E-state index contributed by atoms with van der Waals surface area (Å²) in [6.45, 7) is 0.777. The summed E-state index contributed by atoms with van der Waals surface area (Å²) in [6, 6.07) is 11.4. The molecule has 1 atom stereocenters. The van der Waals surface area contributed by atoms with E-state index in [1.807, 2.05) is 4.57 Å². The summed E-state index contributed by atoms with van der Waals surface area (Å²) in [5.41, 5.74) is 0.317. The molecular weight excluding hydrogens is 413 g/mol. The number of aliphatic hydroxyl groups is 1. The first-order valence-corrected chi connectivity index (χ1v) is 10.1. The molecule has 4 rings (SSSR count). The fourth-order valence-corrected chi connectivity index (χ4v) is 3.90. The Hall–Kier alpha value is -3.94. The van der Waals surface area contributed by atoms with Crippen LogP contribution in [0.5, 0.6) is 5.75 Å². The number of ketones is 1. The molecule has 0 unspecified atom stereocenters. The average Bonchev–Trinajstić information content (AvgIpc) is 3.41. The normalized spacial score (nSPS) is 17.7. The van der Waals surface area contributed by atoms with Crippen LogP contribution < -0.4 is 4.74 Å². The Balaban J connectivity index is 1.76. The molecule has 1 aliphatic heterocycles. The van der Waals surface area contributed by atoms with Crippen LogP contribution in [0.25, 0.3) is 5.76 Å². The Bertz CT molecular complexity index is 1170. The van der Waals surface area contributed by atoms with E-state index in [9.17, 15) is 19.1 Å². The van der Waals surface area contributed by atoms with Gasteiger partial charge in [-0.05, 0) is 24.6 Å². The number of amides is 1. The number of hydrogen-bond donors (Lipinski definition) is 1. The summed E-state index contributed by atoms with van der Waals surface area (Å²) < 4.78 is 21.8. The predicted molar refractivity (Wildman–Crippen MR) is 115 cm³/mol. The van der Waals surface area contributed by atoms with E-state index < -0.39 is 23.5 Å². The number of hydrogen-bond acceptors (Lipinski definition) is 5. The Morgan fingerprint density at radius 1 is 1.16 bits per heavy atom. The van der Waals surface area contributed by atoms with Crippen molar-refractivity contribution in [2.45, 2.75) is 19.0 Å². The fraction of sp³-hybridized carbons (Fsp3) is 0.208. The van der Waals surface area contributed by atoms with Crippen LogP contribution in [-0.2, 0) is 16.1 Å². The van der Waals surface area contributed by atoms with E-state index in [2.05, 4.69) is 4.98 Å². The maximum absolute atomic E-state index is 14.8. The van der Waals surface area contributed by atoms with Crippen molar-refractivity contribution in [3.8, 4) is 5.75 Å². The van der Waals surface area contributed by atoms with Crippen molar-refractivity contribution >= 4 is 17.4 Å². The molecular formula is C24H22FN3O4. The zero-order chi connectivity index (χ0) is 22.7. The van der Waals surface area contributed by atoms with Crippen molar-refractivity contribution in [1.82, 2.24) is 14.5 Å². The van der Waals surface area contributed by atoms with Gasteiger partial charge in [0.2, 0.25) is 0 Å². The monoisotopic (exact) mass is 435 g/mol. The molecule has 0 spiro atoms. The summed E-state index contributed by atoms with van der Waals surface area (Å²) in [6.07, 6.45) is 5.63. The molecule has 0 aliphatic carbocycles. The van der Waals surface area contributed by atoms with Crippen LogP contribution in [-0.4, -0.2) is 44.9 Å². The molecule has 164 valence electrons. The Kier molecular flexibility index (Phi) is 6.02. The summed E-state index contributed by atoms with van der Waals surface area (Å²) in [7, 11) is 1.48. The van der Waals surface area contributed by atoms with Crippen LogP contribution in [0.15, 0.2) is 72.8 Å². The van der Waals surface area contributed by atoms with E-state index in [0.717, 1.165) is 0 Å². The lowest BCUT2D eigenvalue weighted by molar-refractivity contribution is -0.140. The second-order valence-electron chi connectivity index (χ2n) is 7.40. The van der Waals surface area contributed by atoms with Crippen LogP contribution >= 0.6 is 0 Å². The van der Waals surface area contributed by atoms with E-state index >= 15 is 0 Å². The quantitative estimate of drug-likeness (QED) is 0.349. The van der Waals surface area contributed by atoms with Gasteiger partial charge in [-0.1, -0.05) is 30.3 Å². The zero-order valence-electron chi connectivity index (χ0n) is 17.4. The van der Waals surface area contributed by atoms with Crippen LogP contribution in [0.3, 0.4) is 0 Å². The van der Waals surface area contributed by atoms with E-state index in [4.69, 9.17) is 4.74 Å². The summed E-state index contributed by atoms with van der Waals surface area (Å²) in [5.74, 6) is -2.07. The molecule has 1 aromatic heterocycles. The summed E-state index contributed by atoms with van der Waals surface area (Å²) in [5, 5.41) is 11.0. The first kappa shape index (κ1) is 21.3. The van der Waals surface area contributed by atoms with Gasteiger partial charge in [-0.3, -0.25) is 9.59 Å². The number of nitrogens with zero attached hydrogens (tertiary/aromatic N) is 3. The van der Waals surface area contributed by atoms with Crippen LogP contribution in [0.4, 0.5) is 4.39 Å². The highest BCUT2D eigenvalue weighted by molar-refractivity contribution is 6.46. The number of methoxy groups -OCH3 is 1. The van der Waals surface area contributed by atoms with Gasteiger partial charge in [0.15, 0.2) is 0 Å². The molecule has 0 radical (unpaired) electrons. The lowest BCUT2D eigenvalue weighted by Crippen LogP contribution is -2.31. The van der Waals surface area contributed by atoms with E-state index in [1.165, 1.54) is 30.2 Å². The zero-order valence-corrected chi connectivity index (χ0v) is 17.4. The molecule has 2 heterocycles. The number of imidazole rings is 1. The van der Waals surface area contributed by atoms with Crippen LogP contribution in [0.1, 0.15) is 23.6 Å². The minimum Gasteiger partial charge on any atom is -0.507 e. The molecule has 7 nitrogen and oxygen atoms in total. The van der Waals surface area contributed by atoms with Gasteiger partial charge in [0.05, 0.1) is 25.1 Å². The van der Waals surface area contributed by atoms with Gasteiger partial charge < -0.3 is 19.3 Å². The standard InChI is InChI=1S/C24H22FN3O4/c1-32-17-7-4-6-16(14-17)22(29)20-21(18-8-2-3-9-19(18)25)28(24(31)23(20)30)12-5-11-27-13-10-26-15-27/h2-4,6-10,13-15,21,29H,5,11-12H2,1H3/b22-20+/t21-/m0/s1. The predicted octanol–water partition coefficient (Wildman–Crippen LogP) is 3.54. The average molecular weight is 435 g/mol. The number of likely N-dealkylation sites (tertiary alicyclic amines) is 1. The number of ether oxygens (including phenoxy) is 1. The topological polar surface area (TPSA) is 84.7 Å². The number of carbonyl (C=O) groups excluding carboxylic acids is 2. The maximum Gasteiger partial charge on any atom is 0.295 e. The largest absolute Gasteiger partial charge is 0.507 e. The fourth-order valence-electron chi connectivity index (χ4n) is 3.90. The highest BCUT2D eigenvalue weighted by Gasteiger charge is 2.46. The first-order valence-electron chi connectivity index (χ1n) is 10.1. The molecule has 1 N–H and O–H groups in total. The third kappa shape index (κ3) is 3.99. The molecule has 32 heavy (non-hydrogen) atoms. The highest BCUT2D eigenvalue weighted by atomic mass is 19.1. The van der Waals surface area contributed by atoms with Crippen LogP contribution in [0.2, 0.25) is 0 Å². The van der Waals surface area contributed by atoms with Crippen LogP contribution in [0, 0.1) is 5.82 Å². The molecule has 1 aliphatic rings. The Labute approximate surface area is 184 Å². The van der Waals surface area contributed by atoms with E-state index in [-0.39, 0.29) is 23.4 Å². The summed E-state index contributed by atoms with van der Waals surface area (Å²) >= 11 is 0. The number of aliphatic hydroxyl groups excluding tert-OH is 1. The number of Topliss-reactive ketones (excluding diaryl/α,β-unsaturated/α-hetero) is 1. The molecule has 1 saturated heterocycles. The van der Waals surface area contributed by atoms with Gasteiger partial charge in [0, 0.05) is 36.6 Å². The van der Waals surface area contributed by atoms with Crippen molar-refractivity contribution in [2.24, 2.45) is 0 Å². The lowest BCUT2D eigenvalue weighted by atomic mass is 9.95. The second kappa shape index (κ2) is 9.05. The molecule has 8 heteroatoms. The third-order valence-corrected chi connectivity index (χ3v) is 5.46. The number of carbonyl (C=O) groups is 2. The van der Waals surface area contributed by atoms with E-state index in [0.29, 0.717) is 24.3 Å². The number of benzene rings is 2. The van der Waals surface area contributed by atoms with Gasteiger partial charge >= 0.3 is 0 Å². The van der Waals surface area contributed by atoms with Crippen molar-refractivity contribution in [3.63, 3.8) is 0 Å². The van der Waals surface area contributed by atoms with Gasteiger partial charge in [-0.2, -0.15) is 0 Å². The molecule has 3 aromatic rings. The molecule has 1 fully saturated rings. The number of rotatable bonds is 7. The van der Waals surface area contributed by atoms with Gasteiger partial charge in [-0.25, -0.2) is 9.37 Å².